The summed E-state index contributed by atoms with van der Waals surface area (Å²) in [5.74, 6) is 0.459. The molecular formula is C22H17ClN2O3S. The molecule has 0 radical (unpaired) electrons. The average molecular weight is 425 g/mol. The fraction of sp³-hybridized carbons (Fsp3) is 0.136. The van der Waals surface area contributed by atoms with Crippen molar-refractivity contribution in [2.45, 2.75) is 24.4 Å². The monoisotopic (exact) mass is 424 g/mol. The van der Waals surface area contributed by atoms with Gasteiger partial charge in [0.2, 0.25) is 0 Å². The molecule has 4 aromatic rings. The summed E-state index contributed by atoms with van der Waals surface area (Å²) < 4.78 is 6.90. The summed E-state index contributed by atoms with van der Waals surface area (Å²) in [6.07, 6.45) is 1.66. The van der Waals surface area contributed by atoms with Gasteiger partial charge in [-0.2, -0.15) is 0 Å². The summed E-state index contributed by atoms with van der Waals surface area (Å²) in [7, 11) is 0. The summed E-state index contributed by atoms with van der Waals surface area (Å²) >= 11 is 7.46. The van der Waals surface area contributed by atoms with E-state index in [0.29, 0.717) is 39.0 Å². The van der Waals surface area contributed by atoms with Gasteiger partial charge in [0, 0.05) is 28.8 Å². The largest absolute Gasteiger partial charge is 0.423 e. The van der Waals surface area contributed by atoms with Gasteiger partial charge in [0.15, 0.2) is 5.16 Å². The summed E-state index contributed by atoms with van der Waals surface area (Å²) in [6.45, 7) is 6.02. The van der Waals surface area contributed by atoms with E-state index in [9.17, 15) is 9.59 Å². The molecule has 0 atom stereocenters. The first-order chi connectivity index (χ1) is 14.0. The number of rotatable bonds is 5. The molecule has 0 spiro atoms. The fourth-order valence-electron chi connectivity index (χ4n) is 3.17. The number of allylic oxidation sites excluding steroid dienone is 1. The molecule has 0 amide bonds. The van der Waals surface area contributed by atoms with Gasteiger partial charge in [-0.25, -0.2) is 9.78 Å². The summed E-state index contributed by atoms with van der Waals surface area (Å²) in [6, 6.07) is 12.3. The van der Waals surface area contributed by atoms with E-state index in [-0.39, 0.29) is 5.56 Å². The van der Waals surface area contributed by atoms with Crippen molar-refractivity contribution in [1.82, 2.24) is 9.55 Å². The molecule has 0 saturated heterocycles. The molecule has 4 rings (SSSR count). The molecule has 0 N–H and O–H groups in total. The zero-order valence-electron chi connectivity index (χ0n) is 15.6. The van der Waals surface area contributed by atoms with Gasteiger partial charge < -0.3 is 4.42 Å². The molecule has 0 unspecified atom stereocenters. The summed E-state index contributed by atoms with van der Waals surface area (Å²) in [5.41, 5.74) is 2.38. The molecule has 7 heteroatoms. The van der Waals surface area contributed by atoms with Crippen molar-refractivity contribution in [3.8, 4) is 0 Å². The summed E-state index contributed by atoms with van der Waals surface area (Å²) in [4.78, 5) is 29.5. The molecule has 0 bridgehead atoms. The molecule has 0 fully saturated rings. The Balaban J connectivity index is 1.79. The number of hydrogen-bond acceptors (Lipinski definition) is 5. The Morgan fingerprint density at radius 1 is 1.17 bits per heavy atom. The van der Waals surface area contributed by atoms with Gasteiger partial charge in [0.1, 0.15) is 5.58 Å². The van der Waals surface area contributed by atoms with Crippen molar-refractivity contribution in [2.75, 3.05) is 0 Å². The molecule has 5 nitrogen and oxygen atoms in total. The Kier molecular flexibility index (Phi) is 5.30. The third-order valence-corrected chi connectivity index (χ3v) is 5.80. The van der Waals surface area contributed by atoms with Crippen LogP contribution in [0.15, 0.2) is 74.3 Å². The van der Waals surface area contributed by atoms with Crippen LogP contribution in [-0.2, 0) is 12.3 Å². The number of aromatic nitrogens is 2. The van der Waals surface area contributed by atoms with Gasteiger partial charge in [0.25, 0.3) is 5.56 Å². The first-order valence-electron chi connectivity index (χ1n) is 8.93. The Labute approximate surface area is 175 Å². The Bertz CT molecular complexity index is 1370. The highest BCUT2D eigenvalue weighted by atomic mass is 35.5. The molecular weight excluding hydrogens is 408 g/mol. The quantitative estimate of drug-likeness (QED) is 0.196. The lowest BCUT2D eigenvalue weighted by atomic mass is 10.1. The normalized spacial score (nSPS) is 11.2. The molecule has 0 aliphatic heterocycles. The first kappa shape index (κ1) is 19.5. The minimum absolute atomic E-state index is 0.151. The van der Waals surface area contributed by atoms with Gasteiger partial charge in [-0.3, -0.25) is 9.36 Å². The van der Waals surface area contributed by atoms with Crippen molar-refractivity contribution in [2.24, 2.45) is 0 Å². The highest BCUT2D eigenvalue weighted by molar-refractivity contribution is 7.98. The van der Waals surface area contributed by atoms with Gasteiger partial charge in [-0.05, 0) is 42.3 Å². The van der Waals surface area contributed by atoms with E-state index in [2.05, 4.69) is 11.6 Å². The predicted octanol–water partition coefficient (Wildman–Crippen LogP) is 4.94. The number of aryl methyl sites for hydroxylation is 1. The van der Waals surface area contributed by atoms with Crippen LogP contribution in [0.25, 0.3) is 21.9 Å². The lowest BCUT2D eigenvalue weighted by Crippen LogP contribution is -2.22. The lowest BCUT2D eigenvalue weighted by Gasteiger charge is -2.12. The van der Waals surface area contributed by atoms with Crippen LogP contribution < -0.4 is 11.2 Å². The van der Waals surface area contributed by atoms with E-state index in [4.69, 9.17) is 16.0 Å². The number of hydrogen-bond donors (Lipinski definition) is 0. The molecule has 2 heterocycles. The van der Waals surface area contributed by atoms with Gasteiger partial charge >= 0.3 is 5.63 Å². The minimum atomic E-state index is -0.402. The molecule has 146 valence electrons. The first-order valence-corrected chi connectivity index (χ1v) is 10.3. The van der Waals surface area contributed by atoms with Gasteiger partial charge in [0.05, 0.1) is 10.9 Å². The van der Waals surface area contributed by atoms with Crippen LogP contribution >= 0.6 is 23.4 Å². The van der Waals surface area contributed by atoms with Crippen LogP contribution in [0.2, 0.25) is 5.02 Å². The Morgan fingerprint density at radius 3 is 2.76 bits per heavy atom. The van der Waals surface area contributed by atoms with Crippen molar-refractivity contribution >= 4 is 45.2 Å². The third kappa shape index (κ3) is 3.86. The highest BCUT2D eigenvalue weighted by Gasteiger charge is 2.13. The standard InChI is InChI=1S/C22H17ClN2O3S/c1-3-8-25-21(27)17-7-5-15(23)11-18(17)24-22(25)29-12-14-10-20(26)28-19-9-13(2)4-6-16(14)19/h3-7,9-11H,1,8,12H2,2H3. The maximum Gasteiger partial charge on any atom is 0.336 e. The van der Waals surface area contributed by atoms with Crippen LogP contribution in [-0.4, -0.2) is 9.55 Å². The van der Waals surface area contributed by atoms with Crippen LogP contribution in [0, 0.1) is 6.92 Å². The molecule has 0 aliphatic carbocycles. The van der Waals surface area contributed by atoms with Gasteiger partial charge in [-0.15, -0.1) is 6.58 Å². The van der Waals surface area contributed by atoms with Crippen molar-refractivity contribution in [3.05, 3.63) is 92.0 Å². The summed E-state index contributed by atoms with van der Waals surface area (Å²) in [5, 5.41) is 2.42. The van der Waals surface area contributed by atoms with Crippen LogP contribution in [0.3, 0.4) is 0 Å². The fourth-order valence-corrected chi connectivity index (χ4v) is 4.34. The van der Waals surface area contributed by atoms with Gasteiger partial charge in [-0.1, -0.05) is 41.6 Å². The second-order valence-corrected chi connectivity index (χ2v) is 8.02. The van der Waals surface area contributed by atoms with E-state index >= 15 is 0 Å². The van der Waals surface area contributed by atoms with E-state index in [0.717, 1.165) is 16.5 Å². The topological polar surface area (TPSA) is 65.1 Å². The zero-order valence-corrected chi connectivity index (χ0v) is 17.2. The minimum Gasteiger partial charge on any atom is -0.423 e. The second-order valence-electron chi connectivity index (χ2n) is 6.64. The smallest absolute Gasteiger partial charge is 0.336 e. The Hall–Kier alpha value is -2.83. The van der Waals surface area contributed by atoms with E-state index < -0.39 is 5.63 Å². The molecule has 29 heavy (non-hydrogen) atoms. The van der Waals surface area contributed by atoms with Crippen molar-refractivity contribution in [3.63, 3.8) is 0 Å². The van der Waals surface area contributed by atoms with E-state index in [1.54, 1.807) is 28.8 Å². The molecule has 0 aliphatic rings. The van der Waals surface area contributed by atoms with E-state index in [1.807, 2.05) is 25.1 Å². The molecule has 0 saturated carbocycles. The van der Waals surface area contributed by atoms with Crippen LogP contribution in [0.1, 0.15) is 11.1 Å². The predicted molar refractivity (Wildman–Crippen MR) is 118 cm³/mol. The number of halogens is 1. The van der Waals surface area contributed by atoms with Crippen molar-refractivity contribution in [1.29, 1.82) is 0 Å². The maximum absolute atomic E-state index is 12.9. The van der Waals surface area contributed by atoms with E-state index in [1.165, 1.54) is 17.8 Å². The van der Waals surface area contributed by atoms with Crippen LogP contribution in [0.5, 0.6) is 0 Å². The lowest BCUT2D eigenvalue weighted by molar-refractivity contribution is 0.559. The average Bonchev–Trinajstić information content (AvgIpc) is 2.68. The molecule has 2 aromatic carbocycles. The molecule has 2 aromatic heterocycles. The number of nitrogens with zero attached hydrogens (tertiary/aromatic N) is 2. The van der Waals surface area contributed by atoms with Crippen molar-refractivity contribution < 1.29 is 4.42 Å². The maximum atomic E-state index is 12.9. The number of thioether (sulfide) groups is 1. The zero-order chi connectivity index (χ0) is 20.5. The number of fused-ring (bicyclic) bond motifs is 2. The number of benzene rings is 2. The SMILES string of the molecule is C=CCn1c(SCc2cc(=O)oc3cc(C)ccc23)nc2cc(Cl)ccc2c1=O. The Morgan fingerprint density at radius 2 is 1.97 bits per heavy atom. The third-order valence-electron chi connectivity index (χ3n) is 4.54. The van der Waals surface area contributed by atoms with Crippen LogP contribution in [0.4, 0.5) is 0 Å². The highest BCUT2D eigenvalue weighted by Crippen LogP contribution is 2.27. The second kappa shape index (κ2) is 7.89.